The summed E-state index contributed by atoms with van der Waals surface area (Å²) in [6.07, 6.45) is 4.30. The number of nitrogens with one attached hydrogen (secondary N) is 1. The summed E-state index contributed by atoms with van der Waals surface area (Å²) in [6, 6.07) is 2.03. The number of likely N-dealkylation sites (N-methyl/N-ethyl adjacent to an activating group) is 1. The van der Waals surface area contributed by atoms with Gasteiger partial charge in [-0.25, -0.2) is 9.97 Å². The van der Waals surface area contributed by atoms with Gasteiger partial charge in [-0.15, -0.1) is 11.3 Å². The van der Waals surface area contributed by atoms with Crippen molar-refractivity contribution in [2.45, 2.75) is 19.4 Å². The second-order valence-electron chi connectivity index (χ2n) is 3.77. The number of ether oxygens (including phenoxy) is 1. The molecule has 1 atom stereocenters. The molecule has 96 valence electrons. The summed E-state index contributed by atoms with van der Waals surface area (Å²) in [5.74, 6) is 0.590. The van der Waals surface area contributed by atoms with Crippen molar-refractivity contribution >= 4 is 11.3 Å². The molecule has 2 heterocycles. The zero-order chi connectivity index (χ0) is 12.8. The van der Waals surface area contributed by atoms with E-state index >= 15 is 0 Å². The highest BCUT2D eigenvalue weighted by molar-refractivity contribution is 7.09. The van der Waals surface area contributed by atoms with E-state index in [2.05, 4.69) is 27.2 Å². The summed E-state index contributed by atoms with van der Waals surface area (Å²) in [6.45, 7) is 2.97. The van der Waals surface area contributed by atoms with Gasteiger partial charge in [0.15, 0.2) is 0 Å². The van der Waals surface area contributed by atoms with Crippen molar-refractivity contribution in [1.82, 2.24) is 20.3 Å². The van der Waals surface area contributed by atoms with Crippen LogP contribution in [0, 0.1) is 0 Å². The van der Waals surface area contributed by atoms with Crippen LogP contribution < -0.4 is 10.1 Å². The topological polar surface area (TPSA) is 59.9 Å². The molecule has 5 nitrogen and oxygen atoms in total. The molecule has 0 aliphatic rings. The molecule has 2 rings (SSSR count). The predicted octanol–water partition coefficient (Wildman–Crippen LogP) is 1.83. The summed E-state index contributed by atoms with van der Waals surface area (Å²) in [4.78, 5) is 13.7. The molecule has 0 fully saturated rings. The molecule has 18 heavy (non-hydrogen) atoms. The highest BCUT2D eigenvalue weighted by atomic mass is 32.1. The first-order chi connectivity index (χ1) is 8.83. The number of hydrogen-bond donors (Lipinski definition) is 1. The molecule has 0 amide bonds. The normalized spacial score (nSPS) is 12.3. The lowest BCUT2D eigenvalue weighted by molar-refractivity contribution is 0.394. The first-order valence-corrected chi connectivity index (χ1v) is 6.68. The number of rotatable bonds is 6. The average Bonchev–Trinajstić information content (AvgIpc) is 2.91. The fourth-order valence-corrected chi connectivity index (χ4v) is 2.37. The summed E-state index contributed by atoms with van der Waals surface area (Å²) in [7, 11) is 1.61. The van der Waals surface area contributed by atoms with Gasteiger partial charge in [-0.1, -0.05) is 6.92 Å². The van der Waals surface area contributed by atoms with Crippen LogP contribution >= 0.6 is 11.3 Å². The summed E-state index contributed by atoms with van der Waals surface area (Å²) >= 11 is 1.66. The minimum atomic E-state index is 0.160. The second kappa shape index (κ2) is 6.42. The Balaban J connectivity index is 2.17. The van der Waals surface area contributed by atoms with Gasteiger partial charge in [0.05, 0.1) is 24.4 Å². The molecule has 0 aliphatic carbocycles. The molecule has 2 aromatic heterocycles. The standard InChI is InChI=1S/C12H16N4OS/c1-3-14-10(4-9-6-13-8-18-9)11-5-12(17-2)16-7-15-11/h5-8,10,14H,3-4H2,1-2H3. The third kappa shape index (κ3) is 3.24. The maximum atomic E-state index is 5.13. The van der Waals surface area contributed by atoms with Crippen molar-refractivity contribution in [3.05, 3.63) is 34.7 Å². The first kappa shape index (κ1) is 12.9. The maximum Gasteiger partial charge on any atom is 0.216 e. The highest BCUT2D eigenvalue weighted by Crippen LogP contribution is 2.20. The van der Waals surface area contributed by atoms with Crippen molar-refractivity contribution in [1.29, 1.82) is 0 Å². The largest absolute Gasteiger partial charge is 0.481 e. The van der Waals surface area contributed by atoms with E-state index in [9.17, 15) is 0 Å². The van der Waals surface area contributed by atoms with Gasteiger partial charge < -0.3 is 10.1 Å². The Labute approximate surface area is 110 Å². The SMILES string of the molecule is CCNC(Cc1cncs1)c1cc(OC)ncn1. The minimum Gasteiger partial charge on any atom is -0.481 e. The van der Waals surface area contributed by atoms with Crippen molar-refractivity contribution < 1.29 is 4.74 Å². The van der Waals surface area contributed by atoms with Crippen LogP contribution in [-0.4, -0.2) is 28.6 Å². The van der Waals surface area contributed by atoms with E-state index in [0.717, 1.165) is 18.7 Å². The van der Waals surface area contributed by atoms with Crippen LogP contribution in [0.3, 0.4) is 0 Å². The highest BCUT2D eigenvalue weighted by Gasteiger charge is 2.14. The third-order valence-corrected chi connectivity index (χ3v) is 3.37. The van der Waals surface area contributed by atoms with E-state index in [1.165, 1.54) is 11.2 Å². The van der Waals surface area contributed by atoms with Crippen LogP contribution in [-0.2, 0) is 6.42 Å². The molecular weight excluding hydrogens is 248 g/mol. The van der Waals surface area contributed by atoms with Crippen LogP contribution in [0.1, 0.15) is 23.5 Å². The number of thiazole rings is 1. The molecule has 0 saturated heterocycles. The van der Waals surface area contributed by atoms with Crippen LogP contribution in [0.15, 0.2) is 24.1 Å². The smallest absolute Gasteiger partial charge is 0.216 e. The molecule has 0 radical (unpaired) electrons. The Hall–Kier alpha value is -1.53. The van der Waals surface area contributed by atoms with Crippen molar-refractivity contribution in [3.63, 3.8) is 0 Å². The Morgan fingerprint density at radius 3 is 3.00 bits per heavy atom. The number of methoxy groups -OCH3 is 1. The lowest BCUT2D eigenvalue weighted by atomic mass is 10.1. The molecule has 1 N–H and O–H groups in total. The number of hydrogen-bond acceptors (Lipinski definition) is 6. The van der Waals surface area contributed by atoms with Crippen molar-refractivity contribution in [2.75, 3.05) is 13.7 Å². The van der Waals surface area contributed by atoms with Crippen molar-refractivity contribution in [3.8, 4) is 5.88 Å². The van der Waals surface area contributed by atoms with Crippen LogP contribution in [0.4, 0.5) is 0 Å². The van der Waals surface area contributed by atoms with Gasteiger partial charge in [0.1, 0.15) is 6.33 Å². The monoisotopic (exact) mass is 264 g/mol. The maximum absolute atomic E-state index is 5.13. The van der Waals surface area contributed by atoms with Crippen LogP contribution in [0.2, 0.25) is 0 Å². The number of nitrogens with zero attached hydrogens (tertiary/aromatic N) is 3. The molecule has 0 aromatic carbocycles. The van der Waals surface area contributed by atoms with Gasteiger partial charge in [-0.3, -0.25) is 4.98 Å². The van der Waals surface area contributed by atoms with E-state index in [-0.39, 0.29) is 6.04 Å². The molecule has 0 bridgehead atoms. The van der Waals surface area contributed by atoms with Gasteiger partial charge in [0.25, 0.3) is 0 Å². The fraction of sp³-hybridized carbons (Fsp3) is 0.417. The molecule has 6 heteroatoms. The molecule has 0 aliphatic heterocycles. The van der Waals surface area contributed by atoms with E-state index in [1.54, 1.807) is 18.4 Å². The van der Waals surface area contributed by atoms with Crippen LogP contribution in [0.5, 0.6) is 5.88 Å². The lowest BCUT2D eigenvalue weighted by Crippen LogP contribution is -2.23. The Bertz CT molecular complexity index is 475. The quantitative estimate of drug-likeness (QED) is 0.862. The predicted molar refractivity (Wildman–Crippen MR) is 70.8 cm³/mol. The van der Waals surface area contributed by atoms with Gasteiger partial charge >= 0.3 is 0 Å². The number of aromatic nitrogens is 3. The Kier molecular flexibility index (Phi) is 4.60. The fourth-order valence-electron chi connectivity index (χ4n) is 1.73. The molecule has 1 unspecified atom stereocenters. The Morgan fingerprint density at radius 1 is 1.44 bits per heavy atom. The lowest BCUT2D eigenvalue weighted by Gasteiger charge is -2.16. The molecule has 2 aromatic rings. The zero-order valence-corrected chi connectivity index (χ0v) is 11.3. The third-order valence-electron chi connectivity index (χ3n) is 2.57. The van der Waals surface area contributed by atoms with Gasteiger partial charge in [-0.05, 0) is 6.54 Å². The van der Waals surface area contributed by atoms with Gasteiger partial charge in [0.2, 0.25) is 5.88 Å². The average molecular weight is 264 g/mol. The zero-order valence-electron chi connectivity index (χ0n) is 10.5. The molecule has 0 saturated carbocycles. The molecular formula is C12H16N4OS. The van der Waals surface area contributed by atoms with Gasteiger partial charge in [0, 0.05) is 23.6 Å². The first-order valence-electron chi connectivity index (χ1n) is 5.80. The van der Waals surface area contributed by atoms with E-state index in [1.807, 2.05) is 17.8 Å². The second-order valence-corrected chi connectivity index (χ2v) is 4.74. The van der Waals surface area contributed by atoms with Gasteiger partial charge in [-0.2, -0.15) is 0 Å². The Morgan fingerprint density at radius 2 is 2.33 bits per heavy atom. The molecule has 0 spiro atoms. The van der Waals surface area contributed by atoms with Crippen molar-refractivity contribution in [2.24, 2.45) is 0 Å². The summed E-state index contributed by atoms with van der Waals surface area (Å²) in [5.41, 5.74) is 2.79. The van der Waals surface area contributed by atoms with Crippen LogP contribution in [0.25, 0.3) is 0 Å². The van der Waals surface area contributed by atoms with E-state index in [0.29, 0.717) is 5.88 Å². The van der Waals surface area contributed by atoms with E-state index in [4.69, 9.17) is 4.74 Å². The summed E-state index contributed by atoms with van der Waals surface area (Å²) in [5, 5.41) is 3.42. The summed E-state index contributed by atoms with van der Waals surface area (Å²) < 4.78 is 5.13. The van der Waals surface area contributed by atoms with E-state index < -0.39 is 0 Å². The minimum absolute atomic E-state index is 0.160.